The second kappa shape index (κ2) is 6.35. The van der Waals surface area contributed by atoms with Gasteiger partial charge in [0.2, 0.25) is 0 Å². The molecule has 0 aliphatic carbocycles. The van der Waals surface area contributed by atoms with Crippen LogP contribution in [0.2, 0.25) is 0 Å². The molecule has 4 nitrogen and oxygen atoms in total. The van der Waals surface area contributed by atoms with Crippen molar-refractivity contribution in [2.75, 3.05) is 6.54 Å². The highest BCUT2D eigenvalue weighted by Crippen LogP contribution is 2.01. The van der Waals surface area contributed by atoms with Gasteiger partial charge < -0.3 is 14.7 Å². The van der Waals surface area contributed by atoms with E-state index in [-0.39, 0.29) is 6.04 Å². The monoisotopic (exact) mass is 209 g/mol. The molecule has 4 heteroatoms. The van der Waals surface area contributed by atoms with Crippen molar-refractivity contribution in [1.29, 1.82) is 0 Å². The van der Waals surface area contributed by atoms with Crippen LogP contribution in [0.1, 0.15) is 25.6 Å². The van der Waals surface area contributed by atoms with Crippen LogP contribution in [-0.4, -0.2) is 28.4 Å². The lowest BCUT2D eigenvalue weighted by atomic mass is 10.2. The summed E-state index contributed by atoms with van der Waals surface area (Å²) in [5.41, 5.74) is 0. The third-order valence-corrected chi connectivity index (χ3v) is 2.47. The third kappa shape index (κ3) is 3.83. The van der Waals surface area contributed by atoms with Gasteiger partial charge in [-0.15, -0.1) is 0 Å². The minimum Gasteiger partial charge on any atom is -0.335 e. The van der Waals surface area contributed by atoms with Crippen LogP contribution >= 0.6 is 0 Å². The summed E-state index contributed by atoms with van der Waals surface area (Å²) >= 11 is 0. The number of imidazole rings is 1. The van der Waals surface area contributed by atoms with Gasteiger partial charge in [-0.1, -0.05) is 6.92 Å². The smallest absolute Gasteiger partial charge is 0.136 e. The average molecular weight is 209 g/mol. The van der Waals surface area contributed by atoms with E-state index >= 15 is 0 Å². The van der Waals surface area contributed by atoms with Crippen molar-refractivity contribution in [2.45, 2.75) is 39.3 Å². The quantitative estimate of drug-likeness (QED) is 0.685. The number of carbonyl (C=O) groups is 1. The van der Waals surface area contributed by atoms with Crippen LogP contribution < -0.4 is 5.32 Å². The van der Waals surface area contributed by atoms with Crippen LogP contribution in [-0.2, 0) is 11.3 Å². The van der Waals surface area contributed by atoms with Crippen molar-refractivity contribution in [3.8, 4) is 0 Å². The largest absolute Gasteiger partial charge is 0.335 e. The summed E-state index contributed by atoms with van der Waals surface area (Å²) in [6, 6.07) is -0.00109. The van der Waals surface area contributed by atoms with Gasteiger partial charge in [-0.05, 0) is 26.3 Å². The summed E-state index contributed by atoms with van der Waals surface area (Å²) in [5.74, 6) is 1.03. The molecule has 1 aromatic heterocycles. The lowest BCUT2D eigenvalue weighted by molar-refractivity contribution is -0.109. The number of aldehydes is 1. The molecule has 0 aromatic carbocycles. The van der Waals surface area contributed by atoms with Crippen molar-refractivity contribution < 1.29 is 4.79 Å². The Morgan fingerprint density at radius 3 is 3.00 bits per heavy atom. The fraction of sp³-hybridized carbons (Fsp3) is 0.636. The summed E-state index contributed by atoms with van der Waals surface area (Å²) in [4.78, 5) is 14.8. The first-order chi connectivity index (χ1) is 7.27. The van der Waals surface area contributed by atoms with Gasteiger partial charge in [0.05, 0.1) is 6.04 Å². The van der Waals surface area contributed by atoms with Crippen molar-refractivity contribution in [2.24, 2.45) is 0 Å². The van der Waals surface area contributed by atoms with Gasteiger partial charge in [0.15, 0.2) is 0 Å². The maximum Gasteiger partial charge on any atom is 0.136 e. The Kier molecular flexibility index (Phi) is 5.04. The Balaban J connectivity index is 2.26. The van der Waals surface area contributed by atoms with Crippen molar-refractivity contribution >= 4 is 6.29 Å². The van der Waals surface area contributed by atoms with Gasteiger partial charge in [-0.25, -0.2) is 4.98 Å². The zero-order valence-electron chi connectivity index (χ0n) is 9.44. The maximum absolute atomic E-state index is 10.7. The van der Waals surface area contributed by atoms with E-state index in [1.807, 2.05) is 20.0 Å². The lowest BCUT2D eigenvalue weighted by Gasteiger charge is -2.11. The molecule has 1 N–H and O–H groups in total. The fourth-order valence-corrected chi connectivity index (χ4v) is 1.60. The Morgan fingerprint density at radius 1 is 1.67 bits per heavy atom. The molecule has 0 aliphatic rings. The van der Waals surface area contributed by atoms with E-state index < -0.39 is 0 Å². The van der Waals surface area contributed by atoms with Crippen LogP contribution in [0.5, 0.6) is 0 Å². The first-order valence-electron chi connectivity index (χ1n) is 5.44. The number of likely N-dealkylation sites (N-methyl/N-ethyl adjacent to an activating group) is 1. The molecule has 1 aromatic rings. The number of nitrogens with zero attached hydrogens (tertiary/aromatic N) is 2. The van der Waals surface area contributed by atoms with Crippen LogP contribution in [0.4, 0.5) is 0 Å². The molecule has 0 fully saturated rings. The predicted molar refractivity (Wildman–Crippen MR) is 59.7 cm³/mol. The van der Waals surface area contributed by atoms with Gasteiger partial charge in [0, 0.05) is 18.9 Å². The van der Waals surface area contributed by atoms with Crippen LogP contribution in [0, 0.1) is 6.92 Å². The summed E-state index contributed by atoms with van der Waals surface area (Å²) < 4.78 is 2.10. The summed E-state index contributed by atoms with van der Waals surface area (Å²) in [5, 5.41) is 3.13. The van der Waals surface area contributed by atoms with E-state index in [0.29, 0.717) is 0 Å². The lowest BCUT2D eigenvalue weighted by Crippen LogP contribution is -2.30. The molecule has 0 radical (unpaired) electrons. The third-order valence-electron chi connectivity index (χ3n) is 2.47. The number of aromatic nitrogens is 2. The van der Waals surface area contributed by atoms with Crippen LogP contribution in [0.3, 0.4) is 0 Å². The highest BCUT2D eigenvalue weighted by Gasteiger charge is 2.04. The molecule has 84 valence electrons. The molecule has 0 amide bonds. The zero-order chi connectivity index (χ0) is 11.1. The second-order valence-electron chi connectivity index (χ2n) is 3.61. The minimum atomic E-state index is -0.00109. The molecule has 1 rings (SSSR count). The Labute approximate surface area is 90.7 Å². The Hall–Kier alpha value is -1.16. The highest BCUT2D eigenvalue weighted by atomic mass is 16.1. The van der Waals surface area contributed by atoms with E-state index in [4.69, 9.17) is 0 Å². The molecule has 1 atom stereocenters. The SMILES string of the molecule is CCNC(C=O)CCCn1ccnc1C. The first kappa shape index (κ1) is 11.9. The maximum atomic E-state index is 10.7. The molecule has 1 heterocycles. The van der Waals surface area contributed by atoms with E-state index in [0.717, 1.165) is 38.0 Å². The topological polar surface area (TPSA) is 46.9 Å². The van der Waals surface area contributed by atoms with E-state index in [9.17, 15) is 4.79 Å². The molecular formula is C11H19N3O. The average Bonchev–Trinajstić information content (AvgIpc) is 2.63. The molecule has 0 spiro atoms. The normalized spacial score (nSPS) is 12.7. The standard InChI is InChI=1S/C11H19N3O/c1-3-12-11(9-15)5-4-7-14-8-6-13-10(14)2/h6,8-9,11-12H,3-5,7H2,1-2H3. The van der Waals surface area contributed by atoms with Gasteiger partial charge in [0.1, 0.15) is 12.1 Å². The van der Waals surface area contributed by atoms with E-state index in [1.54, 1.807) is 6.20 Å². The van der Waals surface area contributed by atoms with E-state index in [1.165, 1.54) is 0 Å². The molecule has 1 unspecified atom stereocenters. The van der Waals surface area contributed by atoms with Gasteiger partial charge >= 0.3 is 0 Å². The van der Waals surface area contributed by atoms with Crippen molar-refractivity contribution in [3.05, 3.63) is 18.2 Å². The summed E-state index contributed by atoms with van der Waals surface area (Å²) in [6.45, 7) is 5.77. The number of hydrogen-bond acceptors (Lipinski definition) is 3. The second-order valence-corrected chi connectivity index (χ2v) is 3.61. The van der Waals surface area contributed by atoms with Crippen LogP contribution in [0.15, 0.2) is 12.4 Å². The first-order valence-corrected chi connectivity index (χ1v) is 5.44. The number of aryl methyl sites for hydroxylation is 2. The molecule has 0 saturated carbocycles. The summed E-state index contributed by atoms with van der Waals surface area (Å²) in [7, 11) is 0. The summed E-state index contributed by atoms with van der Waals surface area (Å²) in [6.07, 6.45) is 6.64. The van der Waals surface area contributed by atoms with Crippen molar-refractivity contribution in [1.82, 2.24) is 14.9 Å². The Morgan fingerprint density at radius 2 is 2.47 bits per heavy atom. The van der Waals surface area contributed by atoms with E-state index in [2.05, 4.69) is 14.9 Å². The number of nitrogens with one attached hydrogen (secondary N) is 1. The van der Waals surface area contributed by atoms with Crippen LogP contribution in [0.25, 0.3) is 0 Å². The molecule has 15 heavy (non-hydrogen) atoms. The fourth-order valence-electron chi connectivity index (χ4n) is 1.60. The number of rotatable bonds is 7. The van der Waals surface area contributed by atoms with Gasteiger partial charge in [-0.3, -0.25) is 0 Å². The zero-order valence-corrected chi connectivity index (χ0v) is 9.44. The molecular weight excluding hydrogens is 190 g/mol. The number of carbonyl (C=O) groups excluding carboxylic acids is 1. The molecule has 0 aliphatic heterocycles. The highest BCUT2D eigenvalue weighted by molar-refractivity contribution is 5.57. The van der Waals surface area contributed by atoms with Crippen molar-refractivity contribution in [3.63, 3.8) is 0 Å². The molecule has 0 bridgehead atoms. The minimum absolute atomic E-state index is 0.00109. The van der Waals surface area contributed by atoms with Gasteiger partial charge in [0.25, 0.3) is 0 Å². The number of hydrogen-bond donors (Lipinski definition) is 1. The van der Waals surface area contributed by atoms with Gasteiger partial charge in [-0.2, -0.15) is 0 Å². The Bertz CT molecular complexity index is 296. The predicted octanol–water partition coefficient (Wildman–Crippen LogP) is 1.15. The molecule has 0 saturated heterocycles.